The summed E-state index contributed by atoms with van der Waals surface area (Å²) in [5.74, 6) is 0.147. The Morgan fingerprint density at radius 3 is 2.47 bits per heavy atom. The van der Waals surface area contributed by atoms with E-state index < -0.39 is 17.7 Å². The molecule has 96 valence electrons. The van der Waals surface area contributed by atoms with E-state index in [1.807, 2.05) is 0 Å². The highest BCUT2D eigenvalue weighted by molar-refractivity contribution is 5.69. The van der Waals surface area contributed by atoms with E-state index in [1.165, 1.54) is 4.90 Å². The van der Waals surface area contributed by atoms with Crippen molar-refractivity contribution >= 4 is 6.09 Å². The van der Waals surface area contributed by atoms with E-state index in [0.29, 0.717) is 0 Å². The molecule has 2 heterocycles. The number of fused-ring (bicyclic) bond motifs is 2. The van der Waals surface area contributed by atoms with E-state index >= 15 is 0 Å². The van der Waals surface area contributed by atoms with Crippen molar-refractivity contribution in [2.75, 3.05) is 6.54 Å². The van der Waals surface area contributed by atoms with E-state index in [9.17, 15) is 14.9 Å². The molecule has 0 spiro atoms. The topological polar surface area (TPSA) is 72.7 Å². The van der Waals surface area contributed by atoms with Crippen molar-refractivity contribution in [1.29, 1.82) is 0 Å². The van der Waals surface area contributed by atoms with Gasteiger partial charge in [-0.25, -0.2) is 4.79 Å². The summed E-state index contributed by atoms with van der Waals surface area (Å²) in [7, 11) is 0. The van der Waals surface area contributed by atoms with Gasteiger partial charge in [-0.2, -0.15) is 0 Å². The second-order valence-corrected chi connectivity index (χ2v) is 5.87. The van der Waals surface area contributed by atoms with Gasteiger partial charge in [-0.3, -0.25) is 15.0 Å². The summed E-state index contributed by atoms with van der Waals surface area (Å²) in [4.78, 5) is 24.0. The van der Waals surface area contributed by atoms with Gasteiger partial charge in [-0.05, 0) is 33.6 Å². The summed E-state index contributed by atoms with van der Waals surface area (Å²) in [5.41, 5.74) is -0.554. The van der Waals surface area contributed by atoms with E-state index in [4.69, 9.17) is 4.74 Å². The van der Waals surface area contributed by atoms with Crippen LogP contribution in [0.1, 0.15) is 33.6 Å². The molecule has 6 nitrogen and oxygen atoms in total. The highest BCUT2D eigenvalue weighted by Crippen LogP contribution is 2.41. The van der Waals surface area contributed by atoms with Gasteiger partial charge < -0.3 is 4.74 Å². The molecule has 1 atom stereocenters. The van der Waals surface area contributed by atoms with Crippen molar-refractivity contribution < 1.29 is 14.5 Å². The van der Waals surface area contributed by atoms with E-state index in [0.717, 1.165) is 12.8 Å². The van der Waals surface area contributed by atoms with Gasteiger partial charge in [0.1, 0.15) is 5.60 Å². The van der Waals surface area contributed by atoms with Crippen LogP contribution in [0.5, 0.6) is 0 Å². The van der Waals surface area contributed by atoms with Gasteiger partial charge in [0.2, 0.25) is 6.04 Å². The third-order valence-electron chi connectivity index (χ3n) is 3.42. The quantitative estimate of drug-likeness (QED) is 0.517. The van der Waals surface area contributed by atoms with Crippen LogP contribution in [0.4, 0.5) is 4.79 Å². The first-order valence-corrected chi connectivity index (χ1v) is 5.91. The van der Waals surface area contributed by atoms with Crippen LogP contribution in [0.15, 0.2) is 0 Å². The first-order valence-electron chi connectivity index (χ1n) is 5.91. The zero-order chi connectivity index (χ0) is 12.8. The minimum absolute atomic E-state index is 0.144. The molecule has 1 aliphatic carbocycles. The molecule has 1 unspecified atom stereocenters. The lowest BCUT2D eigenvalue weighted by molar-refractivity contribution is -0.542. The average molecular weight is 242 g/mol. The Morgan fingerprint density at radius 1 is 1.41 bits per heavy atom. The van der Waals surface area contributed by atoms with Crippen LogP contribution in [0.25, 0.3) is 0 Å². The molecule has 0 N–H and O–H groups in total. The lowest BCUT2D eigenvalue weighted by atomic mass is 9.71. The summed E-state index contributed by atoms with van der Waals surface area (Å²) < 4.78 is 5.26. The Bertz CT molecular complexity index is 344. The van der Waals surface area contributed by atoms with Gasteiger partial charge in [0.05, 0.1) is 6.54 Å². The standard InChI is InChI=1S/C11H18N2O4/c1-11(2,3)17-10(14)12-6-9(13(15)16)7-4-8(12)5-7/h7-9H,4-6H2,1-3H3. The Morgan fingerprint density at radius 2 is 2.00 bits per heavy atom. The summed E-state index contributed by atoms with van der Waals surface area (Å²) in [6.45, 7) is 5.58. The molecule has 0 aromatic carbocycles. The normalized spacial score (nSPS) is 31.7. The van der Waals surface area contributed by atoms with Gasteiger partial charge in [-0.1, -0.05) is 0 Å². The maximum absolute atomic E-state index is 11.9. The number of piperidine rings is 2. The third kappa shape index (κ3) is 2.35. The number of hydrogen-bond acceptors (Lipinski definition) is 4. The molecular formula is C11H18N2O4. The number of carbonyl (C=O) groups excluding carboxylic acids is 1. The molecule has 1 amide bonds. The van der Waals surface area contributed by atoms with Crippen LogP contribution in [-0.2, 0) is 4.74 Å². The van der Waals surface area contributed by atoms with Gasteiger partial charge in [0, 0.05) is 16.9 Å². The highest BCUT2D eigenvalue weighted by atomic mass is 16.6. The SMILES string of the molecule is CC(C)(C)OC(=O)N1CC([N+](=O)[O-])C2CC1C2. The monoisotopic (exact) mass is 242 g/mol. The fraction of sp³-hybridized carbons (Fsp3) is 0.909. The van der Waals surface area contributed by atoms with Crippen LogP contribution in [0.2, 0.25) is 0 Å². The minimum Gasteiger partial charge on any atom is -0.444 e. The molecule has 1 saturated carbocycles. The molecule has 0 aromatic rings. The maximum Gasteiger partial charge on any atom is 0.410 e. The number of amides is 1. The van der Waals surface area contributed by atoms with Gasteiger partial charge in [-0.15, -0.1) is 0 Å². The van der Waals surface area contributed by atoms with Crippen LogP contribution in [0, 0.1) is 16.0 Å². The summed E-state index contributed by atoms with van der Waals surface area (Å²) >= 11 is 0. The fourth-order valence-corrected chi connectivity index (χ4v) is 2.48. The Kier molecular flexibility index (Phi) is 2.75. The van der Waals surface area contributed by atoms with Crippen molar-refractivity contribution in [3.63, 3.8) is 0 Å². The predicted molar refractivity (Wildman–Crippen MR) is 60.2 cm³/mol. The Labute approximate surface area is 100 Å². The van der Waals surface area contributed by atoms with Crippen molar-refractivity contribution in [2.45, 2.75) is 51.3 Å². The molecular weight excluding hydrogens is 224 g/mol. The van der Waals surface area contributed by atoms with Crippen LogP contribution >= 0.6 is 0 Å². The van der Waals surface area contributed by atoms with Crippen LogP contribution in [0.3, 0.4) is 0 Å². The lowest BCUT2D eigenvalue weighted by Gasteiger charge is -2.49. The van der Waals surface area contributed by atoms with Gasteiger partial charge >= 0.3 is 6.09 Å². The number of ether oxygens (including phenoxy) is 1. The van der Waals surface area contributed by atoms with Crippen molar-refractivity contribution in [2.24, 2.45) is 5.92 Å². The van der Waals surface area contributed by atoms with Crippen molar-refractivity contribution in [3.8, 4) is 0 Å². The van der Waals surface area contributed by atoms with E-state index in [1.54, 1.807) is 20.8 Å². The van der Waals surface area contributed by atoms with E-state index in [-0.39, 0.29) is 23.4 Å². The first kappa shape index (κ1) is 12.1. The number of nitrogens with zero attached hydrogens (tertiary/aromatic N) is 2. The zero-order valence-electron chi connectivity index (χ0n) is 10.4. The molecule has 17 heavy (non-hydrogen) atoms. The largest absolute Gasteiger partial charge is 0.444 e. The average Bonchev–Trinajstić information content (AvgIpc) is 2.12. The molecule has 6 heteroatoms. The molecule has 3 rings (SSSR count). The summed E-state index contributed by atoms with van der Waals surface area (Å²) in [5, 5.41) is 10.9. The number of hydrogen-bond donors (Lipinski definition) is 0. The Balaban J connectivity index is 2.02. The lowest BCUT2D eigenvalue weighted by Crippen LogP contribution is -2.62. The second kappa shape index (κ2) is 3.85. The van der Waals surface area contributed by atoms with Gasteiger partial charge in [0.15, 0.2) is 0 Å². The van der Waals surface area contributed by atoms with Gasteiger partial charge in [0.25, 0.3) is 0 Å². The smallest absolute Gasteiger partial charge is 0.410 e. The van der Waals surface area contributed by atoms with E-state index in [2.05, 4.69) is 0 Å². The molecule has 2 bridgehead atoms. The molecule has 2 aliphatic heterocycles. The summed E-state index contributed by atoms with van der Waals surface area (Å²) in [6.07, 6.45) is 1.06. The molecule has 0 radical (unpaired) electrons. The molecule has 3 fully saturated rings. The van der Waals surface area contributed by atoms with Crippen molar-refractivity contribution in [3.05, 3.63) is 10.1 Å². The Hall–Kier alpha value is -1.33. The van der Waals surface area contributed by atoms with Crippen LogP contribution < -0.4 is 0 Å². The maximum atomic E-state index is 11.9. The zero-order valence-corrected chi connectivity index (χ0v) is 10.4. The van der Waals surface area contributed by atoms with Crippen molar-refractivity contribution in [1.82, 2.24) is 4.90 Å². The third-order valence-corrected chi connectivity index (χ3v) is 3.42. The number of nitro groups is 1. The summed E-state index contributed by atoms with van der Waals surface area (Å²) in [6, 6.07) is -0.474. The molecule has 3 aliphatic rings. The van der Waals surface area contributed by atoms with Crippen LogP contribution in [-0.4, -0.2) is 40.1 Å². The molecule has 0 aromatic heterocycles. The second-order valence-electron chi connectivity index (χ2n) is 5.87. The minimum atomic E-state index is -0.618. The molecule has 2 saturated heterocycles. The first-order chi connectivity index (χ1) is 7.78. The number of rotatable bonds is 1. The highest BCUT2D eigenvalue weighted by Gasteiger charge is 2.52. The number of carbonyl (C=O) groups is 1. The fourth-order valence-electron chi connectivity index (χ4n) is 2.48. The predicted octanol–water partition coefficient (Wildman–Crippen LogP) is 1.66.